The number of nitrogens with one attached hydrogen (secondary N) is 2. The molecule has 3 rings (SSSR count). The SMILES string of the molecule is [CH2-]OCC[NH+](CCOCCOCCN(CCO)C(c1ccc(NC(N)=S)cc1)c1cccc(C(=O)O)n1)Cc1cccc(C(=O)O)n1.[Ce]. The van der Waals surface area contributed by atoms with Crippen molar-refractivity contribution in [2.45, 2.75) is 12.6 Å². The summed E-state index contributed by atoms with van der Waals surface area (Å²) >= 11 is 4.92. The number of nitrogens with two attached hydrogens (primary N) is 1. The van der Waals surface area contributed by atoms with Gasteiger partial charge >= 0.3 is 11.9 Å². The molecule has 0 radical (unpaired) electrons. The third-order valence-electron chi connectivity index (χ3n) is 7.07. The number of aliphatic hydroxyl groups is 1. The first-order valence-corrected chi connectivity index (χ1v) is 15.4. The van der Waals surface area contributed by atoms with Gasteiger partial charge in [0.2, 0.25) is 0 Å². The Hall–Kier alpha value is -2.71. The average molecular weight is 811 g/mol. The minimum atomic E-state index is -1.14. The summed E-state index contributed by atoms with van der Waals surface area (Å²) in [5, 5.41) is 31.7. The Balaban J connectivity index is 0.00000800. The Labute approximate surface area is 319 Å². The van der Waals surface area contributed by atoms with Crippen LogP contribution in [-0.4, -0.2) is 113 Å². The van der Waals surface area contributed by atoms with Crippen molar-refractivity contribution in [1.82, 2.24) is 14.9 Å². The molecule has 16 heteroatoms. The number of aromatic nitrogens is 2. The van der Waals surface area contributed by atoms with E-state index in [0.29, 0.717) is 76.3 Å². The maximum absolute atomic E-state index is 11.7. The Morgan fingerprint density at radius 3 is 2.15 bits per heavy atom. The van der Waals surface area contributed by atoms with Crippen molar-refractivity contribution < 1.29 is 85.8 Å². The van der Waals surface area contributed by atoms with Gasteiger partial charge < -0.3 is 45.5 Å². The third-order valence-corrected chi connectivity index (χ3v) is 7.17. The monoisotopic (exact) mass is 810 g/mol. The van der Waals surface area contributed by atoms with E-state index in [4.69, 9.17) is 32.2 Å². The zero-order valence-electron chi connectivity index (χ0n) is 26.5. The predicted molar refractivity (Wildman–Crippen MR) is 177 cm³/mol. The molecule has 258 valence electrons. The van der Waals surface area contributed by atoms with E-state index in [0.717, 1.165) is 10.5 Å². The quantitative estimate of drug-likeness (QED) is 0.0475. The summed E-state index contributed by atoms with van der Waals surface area (Å²) in [6.45, 7) is 4.26. The van der Waals surface area contributed by atoms with Crippen LogP contribution in [0, 0.1) is 48.9 Å². The number of quaternary nitrogens is 1. The van der Waals surface area contributed by atoms with Gasteiger partial charge in [-0.3, -0.25) is 4.90 Å². The number of aliphatic hydroxyl groups excluding tert-OH is 1. The first-order valence-electron chi connectivity index (χ1n) is 15.0. The summed E-state index contributed by atoms with van der Waals surface area (Å²) in [5.41, 5.74) is 8.21. The van der Waals surface area contributed by atoms with Crippen LogP contribution < -0.4 is 16.0 Å². The van der Waals surface area contributed by atoms with E-state index < -0.39 is 18.0 Å². The molecule has 0 amide bonds. The van der Waals surface area contributed by atoms with E-state index in [1.165, 1.54) is 12.1 Å². The molecule has 0 spiro atoms. The van der Waals surface area contributed by atoms with E-state index in [1.807, 2.05) is 29.2 Å². The van der Waals surface area contributed by atoms with E-state index in [9.17, 15) is 24.9 Å². The molecular weight excluding hydrogens is 769 g/mol. The number of thiocarbonyl (C=S) groups is 1. The summed E-state index contributed by atoms with van der Waals surface area (Å²) in [7, 11) is 3.42. The van der Waals surface area contributed by atoms with Gasteiger partial charge in [-0.25, -0.2) is 26.7 Å². The molecule has 2 aromatic heterocycles. The zero-order valence-corrected chi connectivity index (χ0v) is 30.5. The molecule has 48 heavy (non-hydrogen) atoms. The van der Waals surface area contributed by atoms with E-state index >= 15 is 0 Å². The Morgan fingerprint density at radius 2 is 1.52 bits per heavy atom. The van der Waals surface area contributed by atoms with Gasteiger partial charge in [0.05, 0.1) is 63.6 Å². The van der Waals surface area contributed by atoms with E-state index in [1.54, 1.807) is 24.3 Å². The standard InChI is InChI=1S/C32H41N6O8S.Ce/c1-44-17-13-37(22-25-4-2-6-27(34-25)30(40)41)14-18-45-20-21-46-19-15-38(12-16-39)29(26-5-3-7-28(36-26)31(42)43)23-8-10-24(11-9-23)35-32(33)47;/h2-11,29,39H,1,12-22H2,(H,40,41)(H,42,43)(H3,33,35,47);/q-1;/p+1. The summed E-state index contributed by atoms with van der Waals surface area (Å²) in [4.78, 5) is 34.6. The van der Waals surface area contributed by atoms with Gasteiger partial charge in [0.15, 0.2) is 5.11 Å². The fraction of sp³-hybridized carbons (Fsp3) is 0.375. The van der Waals surface area contributed by atoms with Gasteiger partial charge in [-0.1, -0.05) is 24.3 Å². The number of rotatable bonds is 22. The van der Waals surface area contributed by atoms with Gasteiger partial charge in [-0.05, 0) is 54.2 Å². The average Bonchev–Trinajstić information content (AvgIpc) is 3.05. The summed E-state index contributed by atoms with van der Waals surface area (Å²) in [6.07, 6.45) is 0. The number of carbonyl (C=O) groups is 2. The molecule has 0 aliphatic heterocycles. The largest absolute Gasteiger partial charge is 0.551 e. The maximum atomic E-state index is 11.7. The van der Waals surface area contributed by atoms with Crippen molar-refractivity contribution in [2.24, 2.45) is 5.73 Å². The molecule has 0 saturated carbocycles. The number of hydrogen-bond donors (Lipinski definition) is 6. The van der Waals surface area contributed by atoms with E-state index in [-0.39, 0.29) is 71.4 Å². The summed E-state index contributed by atoms with van der Waals surface area (Å²) < 4.78 is 16.6. The second-order valence-corrected chi connectivity index (χ2v) is 10.8. The number of hydrogen-bond acceptors (Lipinski definition) is 10. The van der Waals surface area contributed by atoms with Crippen LogP contribution in [0.25, 0.3) is 0 Å². The first kappa shape index (κ1) is 41.5. The van der Waals surface area contributed by atoms with Gasteiger partial charge in [-0.2, -0.15) is 0 Å². The number of anilines is 1. The molecule has 0 fully saturated rings. The van der Waals surface area contributed by atoms with Crippen LogP contribution in [0.1, 0.15) is 44.0 Å². The van der Waals surface area contributed by atoms with Crippen molar-refractivity contribution in [3.8, 4) is 0 Å². The number of carboxylic acids is 2. The van der Waals surface area contributed by atoms with Crippen LogP contribution in [-0.2, 0) is 20.8 Å². The minimum Gasteiger partial charge on any atom is -0.551 e. The van der Waals surface area contributed by atoms with Crippen LogP contribution in [0.15, 0.2) is 60.7 Å². The maximum Gasteiger partial charge on any atom is 0.354 e. The number of benzene rings is 1. The van der Waals surface area contributed by atoms with Crippen LogP contribution in [0.4, 0.5) is 5.69 Å². The molecule has 2 heterocycles. The van der Waals surface area contributed by atoms with Crippen molar-refractivity contribution in [3.05, 3.63) is 96.1 Å². The number of pyridine rings is 2. The molecule has 2 atom stereocenters. The van der Waals surface area contributed by atoms with Gasteiger partial charge in [0.1, 0.15) is 24.5 Å². The van der Waals surface area contributed by atoms with Crippen LogP contribution in [0.3, 0.4) is 0 Å². The molecule has 0 saturated heterocycles. The summed E-state index contributed by atoms with van der Waals surface area (Å²) in [6, 6.07) is 16.6. The number of nitrogens with zero attached hydrogens (tertiary/aromatic N) is 3. The molecule has 14 nitrogen and oxygen atoms in total. The fourth-order valence-corrected chi connectivity index (χ4v) is 4.99. The molecule has 3 aromatic rings. The minimum absolute atomic E-state index is 0. The van der Waals surface area contributed by atoms with Crippen molar-refractivity contribution in [3.63, 3.8) is 0 Å². The third kappa shape index (κ3) is 14.4. The number of aromatic carboxylic acids is 2. The number of carboxylic acid groups (broad SMARTS) is 2. The van der Waals surface area contributed by atoms with Crippen LogP contribution >= 0.6 is 12.2 Å². The second kappa shape index (κ2) is 22.8. The molecule has 0 aliphatic rings. The van der Waals surface area contributed by atoms with Gasteiger partial charge in [0, 0.05) is 60.5 Å². The van der Waals surface area contributed by atoms with E-state index in [2.05, 4.69) is 22.4 Å². The Bertz CT molecular complexity index is 1440. The van der Waals surface area contributed by atoms with Crippen molar-refractivity contribution >= 4 is 35.0 Å². The van der Waals surface area contributed by atoms with Gasteiger partial charge in [0.25, 0.3) is 0 Å². The molecule has 0 bridgehead atoms. The Morgan fingerprint density at radius 1 is 0.896 bits per heavy atom. The molecule has 1 aromatic carbocycles. The van der Waals surface area contributed by atoms with Crippen LogP contribution in [0.2, 0.25) is 0 Å². The van der Waals surface area contributed by atoms with Crippen molar-refractivity contribution in [1.29, 1.82) is 0 Å². The summed E-state index contributed by atoms with van der Waals surface area (Å²) in [5.74, 6) is -2.21. The molecule has 0 aliphatic carbocycles. The molecular formula is C32H42CeN6O8S. The number of ether oxygens (including phenoxy) is 3. The first-order chi connectivity index (χ1) is 22.7. The fourth-order valence-electron chi connectivity index (χ4n) is 4.87. The normalized spacial score (nSPS) is 12.2. The smallest absolute Gasteiger partial charge is 0.354 e. The second-order valence-electron chi connectivity index (χ2n) is 10.4. The predicted octanol–water partition coefficient (Wildman–Crippen LogP) is 0.839. The zero-order chi connectivity index (χ0) is 34.0. The van der Waals surface area contributed by atoms with Crippen LogP contribution in [0.5, 0.6) is 0 Å². The molecule has 2 unspecified atom stereocenters. The Kier molecular flexibility index (Phi) is 19.7. The van der Waals surface area contributed by atoms with Gasteiger partial charge in [-0.15, -0.1) is 0 Å². The molecule has 7 N–H and O–H groups in total. The van der Waals surface area contributed by atoms with Crippen molar-refractivity contribution in [2.75, 3.05) is 71.1 Å². The topological polar surface area (TPSA) is 194 Å².